The Kier molecular flexibility index (Phi) is 8.65. The van der Waals surface area contributed by atoms with Crippen molar-refractivity contribution in [3.05, 3.63) is 23.8 Å². The van der Waals surface area contributed by atoms with Gasteiger partial charge in [0.2, 0.25) is 11.8 Å². The predicted molar refractivity (Wildman–Crippen MR) is 133 cm³/mol. The molecule has 3 aliphatic rings. The standard InChI is InChI=1S/C27H39N3O5/c1-3-7-25(31)29-19-10-13-23-21(14-19)27(33)30(2)22-12-11-20(35-24(22)17-34-23)15-26(32)28-16-18-8-5-4-6-9-18/h10,13-14,18,20,22,24H,3-9,11-12,15-17H2,1-2H3,(H,28,32)(H,29,31)/t20-,22-,24+/m1/s1. The summed E-state index contributed by atoms with van der Waals surface area (Å²) in [6.45, 7) is 3.01. The lowest BCUT2D eigenvalue weighted by molar-refractivity contribution is -0.134. The first-order valence-corrected chi connectivity index (χ1v) is 13.2. The molecule has 192 valence electrons. The maximum Gasteiger partial charge on any atom is 0.257 e. The number of nitrogens with zero attached hydrogens (tertiary/aromatic N) is 1. The van der Waals surface area contributed by atoms with Gasteiger partial charge in [-0.3, -0.25) is 14.4 Å². The van der Waals surface area contributed by atoms with Crippen LogP contribution in [0, 0.1) is 5.92 Å². The number of amides is 3. The Hall–Kier alpha value is -2.61. The van der Waals surface area contributed by atoms with Crippen molar-refractivity contribution in [3.63, 3.8) is 0 Å². The Labute approximate surface area is 208 Å². The summed E-state index contributed by atoms with van der Waals surface area (Å²) in [6, 6.07) is 5.03. The van der Waals surface area contributed by atoms with Gasteiger partial charge in [-0.1, -0.05) is 26.2 Å². The number of rotatable bonds is 7. The molecule has 1 saturated heterocycles. The number of carbonyl (C=O) groups is 3. The third kappa shape index (κ3) is 6.54. The van der Waals surface area contributed by atoms with Crippen molar-refractivity contribution in [1.82, 2.24) is 10.2 Å². The van der Waals surface area contributed by atoms with Crippen LogP contribution in [-0.2, 0) is 14.3 Å². The summed E-state index contributed by atoms with van der Waals surface area (Å²) >= 11 is 0. The Morgan fingerprint density at radius 1 is 1.09 bits per heavy atom. The highest BCUT2D eigenvalue weighted by molar-refractivity contribution is 5.99. The summed E-state index contributed by atoms with van der Waals surface area (Å²) in [5.74, 6) is 0.884. The number of benzene rings is 1. The van der Waals surface area contributed by atoms with Gasteiger partial charge in [-0.2, -0.15) is 0 Å². The fourth-order valence-corrected chi connectivity index (χ4v) is 5.48. The normalized spacial score (nSPS) is 24.9. The summed E-state index contributed by atoms with van der Waals surface area (Å²) < 4.78 is 12.3. The molecular formula is C27H39N3O5. The van der Waals surface area contributed by atoms with E-state index in [1.807, 2.05) is 6.92 Å². The molecule has 8 nitrogen and oxygen atoms in total. The summed E-state index contributed by atoms with van der Waals surface area (Å²) in [6.07, 6.45) is 8.76. The molecule has 1 saturated carbocycles. The molecular weight excluding hydrogens is 446 g/mol. The Morgan fingerprint density at radius 2 is 1.89 bits per heavy atom. The molecule has 1 aliphatic carbocycles. The zero-order chi connectivity index (χ0) is 24.8. The first kappa shape index (κ1) is 25.5. The number of ether oxygens (including phenoxy) is 2. The van der Waals surface area contributed by atoms with Crippen LogP contribution < -0.4 is 15.4 Å². The van der Waals surface area contributed by atoms with Crippen LogP contribution in [0.25, 0.3) is 0 Å². The zero-order valence-corrected chi connectivity index (χ0v) is 21.0. The van der Waals surface area contributed by atoms with E-state index < -0.39 is 0 Å². The van der Waals surface area contributed by atoms with E-state index in [1.165, 1.54) is 32.1 Å². The molecule has 2 heterocycles. The van der Waals surface area contributed by atoms with Gasteiger partial charge in [-0.25, -0.2) is 0 Å². The maximum atomic E-state index is 13.3. The molecule has 0 unspecified atom stereocenters. The lowest BCUT2D eigenvalue weighted by Crippen LogP contribution is -2.54. The molecule has 35 heavy (non-hydrogen) atoms. The Bertz CT molecular complexity index is 914. The summed E-state index contributed by atoms with van der Waals surface area (Å²) in [5, 5.41) is 5.95. The van der Waals surface area contributed by atoms with Crippen LogP contribution in [0.3, 0.4) is 0 Å². The van der Waals surface area contributed by atoms with Crippen molar-refractivity contribution >= 4 is 23.4 Å². The molecule has 0 radical (unpaired) electrons. The number of carbonyl (C=O) groups excluding carboxylic acids is 3. The van der Waals surface area contributed by atoms with Gasteiger partial charge >= 0.3 is 0 Å². The van der Waals surface area contributed by atoms with Gasteiger partial charge < -0.3 is 25.0 Å². The van der Waals surface area contributed by atoms with Gasteiger partial charge in [0.05, 0.1) is 24.1 Å². The zero-order valence-electron chi connectivity index (χ0n) is 21.0. The van der Waals surface area contributed by atoms with Crippen LogP contribution in [-0.4, -0.2) is 61.1 Å². The van der Waals surface area contributed by atoms with Crippen LogP contribution >= 0.6 is 0 Å². The van der Waals surface area contributed by atoms with Crippen molar-refractivity contribution in [2.45, 2.75) is 89.4 Å². The number of anilines is 1. The monoisotopic (exact) mass is 485 g/mol. The maximum absolute atomic E-state index is 13.3. The van der Waals surface area contributed by atoms with E-state index in [4.69, 9.17) is 9.47 Å². The fourth-order valence-electron chi connectivity index (χ4n) is 5.48. The summed E-state index contributed by atoms with van der Waals surface area (Å²) in [5.41, 5.74) is 1.02. The Balaban J connectivity index is 1.35. The fraction of sp³-hybridized carbons (Fsp3) is 0.667. The molecule has 0 bridgehead atoms. The number of fused-ring (bicyclic) bond motifs is 2. The van der Waals surface area contributed by atoms with E-state index in [-0.39, 0.29) is 36.0 Å². The van der Waals surface area contributed by atoms with E-state index in [0.29, 0.717) is 42.4 Å². The van der Waals surface area contributed by atoms with Gasteiger partial charge in [-0.05, 0) is 56.2 Å². The number of likely N-dealkylation sites (N-methyl/N-ethyl adjacent to an activating group) is 1. The first-order valence-electron chi connectivity index (χ1n) is 13.2. The largest absolute Gasteiger partial charge is 0.490 e. The number of hydrogen-bond donors (Lipinski definition) is 2. The van der Waals surface area contributed by atoms with Crippen molar-refractivity contribution in [2.24, 2.45) is 5.92 Å². The second kappa shape index (κ2) is 11.9. The minimum Gasteiger partial charge on any atom is -0.490 e. The highest BCUT2D eigenvalue weighted by atomic mass is 16.5. The Morgan fingerprint density at radius 3 is 2.66 bits per heavy atom. The van der Waals surface area contributed by atoms with Gasteiger partial charge in [-0.15, -0.1) is 0 Å². The highest BCUT2D eigenvalue weighted by Crippen LogP contribution is 2.32. The van der Waals surface area contributed by atoms with E-state index >= 15 is 0 Å². The van der Waals surface area contributed by atoms with E-state index in [0.717, 1.165) is 25.8 Å². The third-order valence-corrected chi connectivity index (χ3v) is 7.50. The SMILES string of the molecule is CCCC(=O)Nc1ccc2c(c1)C(=O)N(C)[C@@H]1CC[C@H](CC(=O)NCC3CCCCC3)O[C@H]1CO2. The van der Waals surface area contributed by atoms with Crippen LogP contribution in [0.15, 0.2) is 18.2 Å². The van der Waals surface area contributed by atoms with Crippen molar-refractivity contribution in [1.29, 1.82) is 0 Å². The quantitative estimate of drug-likeness (QED) is 0.611. The highest BCUT2D eigenvalue weighted by Gasteiger charge is 2.39. The van der Waals surface area contributed by atoms with Gasteiger partial charge in [0.15, 0.2) is 0 Å². The molecule has 0 spiro atoms. The van der Waals surface area contributed by atoms with Crippen LogP contribution in [0.2, 0.25) is 0 Å². The van der Waals surface area contributed by atoms with Crippen molar-refractivity contribution in [2.75, 3.05) is 25.5 Å². The average Bonchev–Trinajstić information content (AvgIpc) is 2.86. The van der Waals surface area contributed by atoms with Crippen LogP contribution in [0.5, 0.6) is 5.75 Å². The van der Waals surface area contributed by atoms with Gasteiger partial charge in [0.25, 0.3) is 5.91 Å². The summed E-state index contributed by atoms with van der Waals surface area (Å²) in [4.78, 5) is 39.6. The second-order valence-corrected chi connectivity index (χ2v) is 10.2. The predicted octanol–water partition coefficient (Wildman–Crippen LogP) is 3.89. The molecule has 1 aromatic rings. The molecule has 4 rings (SSSR count). The lowest BCUT2D eigenvalue weighted by Gasteiger charge is -2.42. The van der Waals surface area contributed by atoms with Crippen molar-refractivity contribution in [3.8, 4) is 5.75 Å². The first-order chi connectivity index (χ1) is 16.9. The number of hydrogen-bond acceptors (Lipinski definition) is 5. The minimum absolute atomic E-state index is 0.0400. The van der Waals surface area contributed by atoms with E-state index in [2.05, 4.69) is 10.6 Å². The molecule has 8 heteroatoms. The van der Waals surface area contributed by atoms with E-state index in [1.54, 1.807) is 30.1 Å². The van der Waals surface area contributed by atoms with E-state index in [9.17, 15) is 14.4 Å². The number of nitrogens with one attached hydrogen (secondary N) is 2. The van der Waals surface area contributed by atoms with Crippen LogP contribution in [0.4, 0.5) is 5.69 Å². The minimum atomic E-state index is -0.300. The lowest BCUT2D eigenvalue weighted by atomic mass is 9.89. The molecule has 2 aliphatic heterocycles. The third-order valence-electron chi connectivity index (χ3n) is 7.50. The van der Waals surface area contributed by atoms with Crippen LogP contribution in [0.1, 0.15) is 81.5 Å². The molecule has 3 atom stereocenters. The van der Waals surface area contributed by atoms with Gasteiger partial charge in [0.1, 0.15) is 18.5 Å². The van der Waals surface area contributed by atoms with Crippen molar-refractivity contribution < 1.29 is 23.9 Å². The summed E-state index contributed by atoms with van der Waals surface area (Å²) in [7, 11) is 1.79. The molecule has 2 fully saturated rings. The molecule has 1 aromatic carbocycles. The second-order valence-electron chi connectivity index (χ2n) is 10.2. The molecule has 0 aromatic heterocycles. The average molecular weight is 486 g/mol. The topological polar surface area (TPSA) is 97.0 Å². The molecule has 2 N–H and O–H groups in total. The molecule has 3 amide bonds. The smallest absolute Gasteiger partial charge is 0.257 e. The van der Waals surface area contributed by atoms with Gasteiger partial charge in [0, 0.05) is 25.7 Å².